The van der Waals surface area contributed by atoms with E-state index in [1.165, 1.54) is 18.2 Å². The molecule has 0 atom stereocenters. The third-order valence-corrected chi connectivity index (χ3v) is 4.84. The Morgan fingerprint density at radius 2 is 1.81 bits per heavy atom. The Morgan fingerprint density at radius 1 is 0.935 bits per heavy atom. The minimum atomic E-state index is -0.469. The number of hydrogen-bond acceptors (Lipinski definition) is 4. The Balaban J connectivity index is 1.46. The third kappa shape index (κ3) is 3.95. The second-order valence-corrected chi connectivity index (χ2v) is 7.02. The fourth-order valence-corrected chi connectivity index (χ4v) is 3.30. The first-order valence-corrected chi connectivity index (χ1v) is 9.57. The molecule has 0 aliphatic rings. The van der Waals surface area contributed by atoms with E-state index in [0.29, 0.717) is 34.7 Å². The molecule has 3 heterocycles. The van der Waals surface area contributed by atoms with Crippen LogP contribution in [0, 0.1) is 11.6 Å². The Labute approximate surface area is 175 Å². The molecule has 0 saturated heterocycles. The zero-order chi connectivity index (χ0) is 21.2. The minimum Gasteiger partial charge on any atom is -0.277 e. The van der Waals surface area contributed by atoms with Crippen LogP contribution in [0.1, 0.15) is 22.6 Å². The molecular weight excluding hydrogens is 398 g/mol. The fraction of sp³-hybridized carbons (Fsp3) is 0.0435. The first-order valence-electron chi connectivity index (χ1n) is 9.57. The lowest BCUT2D eigenvalue weighted by Gasteiger charge is -1.99. The molecule has 5 rings (SSSR count). The lowest BCUT2D eigenvalue weighted by Crippen LogP contribution is -1.91. The van der Waals surface area contributed by atoms with Crippen LogP contribution in [-0.2, 0) is 6.42 Å². The predicted molar refractivity (Wildman–Crippen MR) is 114 cm³/mol. The summed E-state index contributed by atoms with van der Waals surface area (Å²) in [7, 11) is 0. The summed E-state index contributed by atoms with van der Waals surface area (Å²) in [5.41, 5.74) is 3.21. The highest BCUT2D eigenvalue weighted by molar-refractivity contribution is 5.92. The van der Waals surface area contributed by atoms with Crippen molar-refractivity contribution >= 4 is 23.1 Å². The third-order valence-electron chi connectivity index (χ3n) is 4.84. The zero-order valence-electron chi connectivity index (χ0n) is 16.2. The van der Waals surface area contributed by atoms with Gasteiger partial charge < -0.3 is 0 Å². The lowest BCUT2D eigenvalue weighted by molar-refractivity contribution is 0.627. The van der Waals surface area contributed by atoms with E-state index in [9.17, 15) is 8.78 Å². The standard InChI is InChI=1S/C23H16F2N6/c24-17-6-3-14(4-7-17)5-8-20-18-11-16(12-19(25)22(18)30-28-20)23-27-21(29-31-23)10-15-2-1-9-26-13-15/h1-9,11-13H,10H2,(H,28,30)(H,27,29,31)/b8-5+. The first kappa shape index (κ1) is 18.8. The van der Waals surface area contributed by atoms with E-state index in [1.54, 1.807) is 42.7 Å². The SMILES string of the molecule is Fc1ccc(/C=C/c2[nH]nc3c(F)cc(-c4n[nH]c(Cc5cccnc5)n4)cc23)cc1. The van der Waals surface area contributed by atoms with Gasteiger partial charge in [0.25, 0.3) is 0 Å². The van der Waals surface area contributed by atoms with Crippen LogP contribution in [0.25, 0.3) is 34.4 Å². The predicted octanol–water partition coefficient (Wildman–Crippen LogP) is 4.78. The number of nitrogens with one attached hydrogen (secondary N) is 2. The van der Waals surface area contributed by atoms with Gasteiger partial charge in [0.1, 0.15) is 17.2 Å². The molecule has 3 aromatic heterocycles. The number of nitrogens with zero attached hydrogens (tertiary/aromatic N) is 4. The maximum atomic E-state index is 14.7. The summed E-state index contributed by atoms with van der Waals surface area (Å²) in [5, 5.41) is 14.7. The van der Waals surface area contributed by atoms with Gasteiger partial charge >= 0.3 is 0 Å². The summed E-state index contributed by atoms with van der Waals surface area (Å²) in [6, 6.07) is 13.1. The minimum absolute atomic E-state index is 0.230. The number of benzene rings is 2. The normalized spacial score (nSPS) is 11.5. The number of H-pyrrole nitrogens is 2. The largest absolute Gasteiger partial charge is 0.277 e. The summed E-state index contributed by atoms with van der Waals surface area (Å²) in [6.07, 6.45) is 7.59. The summed E-state index contributed by atoms with van der Waals surface area (Å²) >= 11 is 0. The van der Waals surface area contributed by atoms with Crippen molar-refractivity contribution in [1.82, 2.24) is 30.4 Å². The lowest BCUT2D eigenvalue weighted by atomic mass is 10.1. The van der Waals surface area contributed by atoms with E-state index in [4.69, 9.17) is 0 Å². The summed E-state index contributed by atoms with van der Waals surface area (Å²) in [6.45, 7) is 0. The summed E-state index contributed by atoms with van der Waals surface area (Å²) in [4.78, 5) is 8.59. The van der Waals surface area contributed by atoms with E-state index < -0.39 is 5.82 Å². The van der Waals surface area contributed by atoms with Crippen LogP contribution in [0.3, 0.4) is 0 Å². The second-order valence-electron chi connectivity index (χ2n) is 7.02. The van der Waals surface area contributed by atoms with Gasteiger partial charge in [0.15, 0.2) is 11.6 Å². The molecule has 0 spiro atoms. The van der Waals surface area contributed by atoms with E-state index in [0.717, 1.165) is 11.1 Å². The maximum absolute atomic E-state index is 14.7. The van der Waals surface area contributed by atoms with Crippen LogP contribution in [-0.4, -0.2) is 30.4 Å². The van der Waals surface area contributed by atoms with Crippen LogP contribution in [0.4, 0.5) is 8.78 Å². The van der Waals surface area contributed by atoms with Crippen LogP contribution in [0.2, 0.25) is 0 Å². The monoisotopic (exact) mass is 414 g/mol. The van der Waals surface area contributed by atoms with Crippen molar-refractivity contribution < 1.29 is 8.78 Å². The van der Waals surface area contributed by atoms with Crippen LogP contribution >= 0.6 is 0 Å². The Kier molecular flexibility index (Phi) is 4.80. The van der Waals surface area contributed by atoms with E-state index in [2.05, 4.69) is 30.4 Å². The van der Waals surface area contributed by atoms with Gasteiger partial charge in [-0.1, -0.05) is 24.3 Å². The fourth-order valence-electron chi connectivity index (χ4n) is 3.30. The summed E-state index contributed by atoms with van der Waals surface area (Å²) < 4.78 is 27.8. The average molecular weight is 414 g/mol. The smallest absolute Gasteiger partial charge is 0.181 e. The molecule has 2 aromatic carbocycles. The van der Waals surface area contributed by atoms with E-state index in [1.807, 2.05) is 12.1 Å². The van der Waals surface area contributed by atoms with Gasteiger partial charge in [-0.25, -0.2) is 13.8 Å². The van der Waals surface area contributed by atoms with Gasteiger partial charge in [-0.2, -0.15) is 10.2 Å². The number of rotatable bonds is 5. The molecular formula is C23H16F2N6. The van der Waals surface area contributed by atoms with Gasteiger partial charge in [0, 0.05) is 29.8 Å². The number of pyridine rings is 1. The zero-order valence-corrected chi connectivity index (χ0v) is 16.2. The highest BCUT2D eigenvalue weighted by atomic mass is 19.1. The number of aromatic nitrogens is 6. The Bertz CT molecular complexity index is 1370. The molecule has 0 bridgehead atoms. The molecule has 31 heavy (non-hydrogen) atoms. The molecule has 6 nitrogen and oxygen atoms in total. The molecule has 5 aromatic rings. The number of aromatic amines is 2. The molecule has 2 N–H and O–H groups in total. The van der Waals surface area contributed by atoms with Crippen molar-refractivity contribution in [1.29, 1.82) is 0 Å². The average Bonchev–Trinajstić information content (AvgIpc) is 3.41. The first-order chi connectivity index (χ1) is 15.2. The molecule has 0 saturated carbocycles. The van der Waals surface area contributed by atoms with Crippen molar-refractivity contribution in [2.75, 3.05) is 0 Å². The van der Waals surface area contributed by atoms with Crippen molar-refractivity contribution in [2.24, 2.45) is 0 Å². The van der Waals surface area contributed by atoms with Gasteiger partial charge in [-0.05, 0) is 47.5 Å². The molecule has 0 fully saturated rings. The van der Waals surface area contributed by atoms with Crippen LogP contribution < -0.4 is 0 Å². The topological polar surface area (TPSA) is 83.1 Å². The number of fused-ring (bicyclic) bond motifs is 1. The number of halogens is 2. The van der Waals surface area contributed by atoms with Crippen LogP contribution in [0.15, 0.2) is 60.9 Å². The highest BCUT2D eigenvalue weighted by Gasteiger charge is 2.14. The second kappa shape index (κ2) is 7.91. The van der Waals surface area contributed by atoms with Gasteiger partial charge in [-0.3, -0.25) is 15.2 Å². The maximum Gasteiger partial charge on any atom is 0.181 e. The molecule has 0 radical (unpaired) electrons. The van der Waals surface area contributed by atoms with Crippen molar-refractivity contribution in [3.63, 3.8) is 0 Å². The Hall–Kier alpha value is -4.20. The van der Waals surface area contributed by atoms with Crippen LogP contribution in [0.5, 0.6) is 0 Å². The van der Waals surface area contributed by atoms with Gasteiger partial charge in [0.05, 0.1) is 5.69 Å². The quantitative estimate of drug-likeness (QED) is 0.433. The molecule has 0 unspecified atom stereocenters. The van der Waals surface area contributed by atoms with Crippen molar-refractivity contribution in [2.45, 2.75) is 6.42 Å². The molecule has 8 heteroatoms. The molecule has 0 aliphatic carbocycles. The van der Waals surface area contributed by atoms with E-state index in [-0.39, 0.29) is 11.3 Å². The van der Waals surface area contributed by atoms with Crippen molar-refractivity contribution in [3.8, 4) is 11.4 Å². The Morgan fingerprint density at radius 3 is 2.61 bits per heavy atom. The van der Waals surface area contributed by atoms with Gasteiger partial charge in [-0.15, -0.1) is 0 Å². The molecule has 0 aliphatic heterocycles. The van der Waals surface area contributed by atoms with Gasteiger partial charge in [0.2, 0.25) is 0 Å². The summed E-state index contributed by atoms with van der Waals surface area (Å²) in [5.74, 6) is 0.288. The highest BCUT2D eigenvalue weighted by Crippen LogP contribution is 2.27. The van der Waals surface area contributed by atoms with Crippen molar-refractivity contribution in [3.05, 3.63) is 95.2 Å². The molecule has 152 valence electrons. The molecule has 0 amide bonds. The van der Waals surface area contributed by atoms with E-state index >= 15 is 0 Å². The number of hydrogen-bond donors (Lipinski definition) is 2.